The van der Waals surface area contributed by atoms with E-state index >= 15 is 0 Å². The number of hydrogen-bond donors (Lipinski definition) is 1. The fourth-order valence-corrected chi connectivity index (χ4v) is 1.85. The molecule has 6 nitrogen and oxygen atoms in total. The normalized spacial score (nSPS) is 10.7. The van der Waals surface area contributed by atoms with E-state index in [2.05, 4.69) is 15.3 Å². The molecule has 3 rings (SSSR count). The van der Waals surface area contributed by atoms with Crippen molar-refractivity contribution in [1.82, 2.24) is 14.6 Å². The van der Waals surface area contributed by atoms with E-state index in [0.717, 1.165) is 5.56 Å². The van der Waals surface area contributed by atoms with Gasteiger partial charge in [-0.15, -0.1) is 4.91 Å². The Bertz CT molecular complexity index is 774. The van der Waals surface area contributed by atoms with E-state index in [-0.39, 0.29) is 16.9 Å². The van der Waals surface area contributed by atoms with Crippen molar-refractivity contribution in [2.45, 2.75) is 0 Å². The second-order valence-electron chi connectivity index (χ2n) is 3.73. The van der Waals surface area contributed by atoms with Crippen LogP contribution in [0.15, 0.2) is 52.6 Å². The van der Waals surface area contributed by atoms with Gasteiger partial charge in [-0.05, 0) is 5.18 Å². The summed E-state index contributed by atoms with van der Waals surface area (Å²) in [6.07, 6.45) is 1.36. The van der Waals surface area contributed by atoms with Gasteiger partial charge in [-0.1, -0.05) is 30.3 Å². The van der Waals surface area contributed by atoms with Crippen LogP contribution in [0.25, 0.3) is 16.9 Å². The van der Waals surface area contributed by atoms with Gasteiger partial charge in [-0.2, -0.15) is 4.52 Å². The minimum atomic E-state index is -0.285. The first-order valence-electron chi connectivity index (χ1n) is 5.30. The van der Waals surface area contributed by atoms with Crippen molar-refractivity contribution in [3.05, 3.63) is 57.9 Å². The number of hydrogen-bond acceptors (Lipinski definition) is 4. The van der Waals surface area contributed by atoms with Crippen molar-refractivity contribution >= 4 is 11.3 Å². The van der Waals surface area contributed by atoms with Crippen LogP contribution >= 0.6 is 0 Å². The Morgan fingerprint density at radius 3 is 2.67 bits per heavy atom. The molecule has 18 heavy (non-hydrogen) atoms. The van der Waals surface area contributed by atoms with Gasteiger partial charge in [0.05, 0.1) is 5.69 Å². The van der Waals surface area contributed by atoms with E-state index in [1.807, 2.05) is 30.3 Å². The fraction of sp³-hybridized carbons (Fsp3) is 0. The highest BCUT2D eigenvalue weighted by Crippen LogP contribution is 2.31. The third-order valence-electron chi connectivity index (χ3n) is 2.67. The molecule has 0 unspecified atom stereocenters. The topological polar surface area (TPSA) is 79.6 Å². The highest BCUT2D eigenvalue weighted by atomic mass is 16.3. The van der Waals surface area contributed by atoms with Crippen LogP contribution in [0.3, 0.4) is 0 Å². The minimum absolute atomic E-state index is 0.138. The van der Waals surface area contributed by atoms with Crippen LogP contribution in [0.2, 0.25) is 0 Å². The number of H-pyrrole nitrogens is 1. The summed E-state index contributed by atoms with van der Waals surface area (Å²) >= 11 is 0. The maximum Gasteiger partial charge on any atom is 0.272 e. The molecule has 0 saturated heterocycles. The monoisotopic (exact) mass is 240 g/mol. The molecule has 0 atom stereocenters. The first-order chi connectivity index (χ1) is 8.81. The van der Waals surface area contributed by atoms with Gasteiger partial charge in [0.1, 0.15) is 0 Å². The van der Waals surface area contributed by atoms with Crippen LogP contribution in [0, 0.1) is 4.91 Å². The van der Waals surface area contributed by atoms with E-state index in [9.17, 15) is 9.70 Å². The van der Waals surface area contributed by atoms with E-state index in [0.29, 0.717) is 5.69 Å². The molecule has 3 aromatic rings. The lowest BCUT2D eigenvalue weighted by Gasteiger charge is -1.96. The van der Waals surface area contributed by atoms with Crippen molar-refractivity contribution in [3.8, 4) is 11.3 Å². The Hall–Kier alpha value is -2.76. The molecule has 0 spiro atoms. The van der Waals surface area contributed by atoms with Gasteiger partial charge in [0.15, 0.2) is 11.3 Å². The third kappa shape index (κ3) is 1.43. The van der Waals surface area contributed by atoms with Crippen molar-refractivity contribution in [1.29, 1.82) is 0 Å². The summed E-state index contributed by atoms with van der Waals surface area (Å²) in [7, 11) is 0. The maximum atomic E-state index is 11.6. The number of nitroso groups, excluding NO2 is 1. The van der Waals surface area contributed by atoms with Gasteiger partial charge in [0.2, 0.25) is 0 Å². The van der Waals surface area contributed by atoms with Crippen LogP contribution in [-0.4, -0.2) is 14.6 Å². The van der Waals surface area contributed by atoms with Crippen LogP contribution in [0.4, 0.5) is 5.69 Å². The molecule has 0 radical (unpaired) electrons. The average molecular weight is 240 g/mol. The molecule has 0 saturated carbocycles. The number of nitrogens with zero attached hydrogens (tertiary/aromatic N) is 3. The zero-order valence-corrected chi connectivity index (χ0v) is 9.20. The molecule has 0 bridgehead atoms. The molecular weight excluding hydrogens is 232 g/mol. The Labute approximate surface area is 101 Å². The molecule has 0 aliphatic carbocycles. The van der Waals surface area contributed by atoms with Crippen LogP contribution in [-0.2, 0) is 0 Å². The lowest BCUT2D eigenvalue weighted by Crippen LogP contribution is -2.12. The fourth-order valence-electron chi connectivity index (χ4n) is 1.85. The lowest BCUT2D eigenvalue weighted by atomic mass is 10.1. The van der Waals surface area contributed by atoms with Gasteiger partial charge in [-0.3, -0.25) is 9.89 Å². The Morgan fingerprint density at radius 1 is 1.17 bits per heavy atom. The standard InChI is InChI=1S/C12H8N4O2/c17-9-6-7-13-12-11(15-18)10(14-16(9)12)8-4-2-1-3-5-8/h1-7,14H. The van der Waals surface area contributed by atoms with Crippen molar-refractivity contribution < 1.29 is 0 Å². The van der Waals surface area contributed by atoms with Crippen molar-refractivity contribution in [2.24, 2.45) is 5.18 Å². The first-order valence-corrected chi connectivity index (χ1v) is 5.30. The minimum Gasteiger partial charge on any atom is -0.287 e. The van der Waals surface area contributed by atoms with Gasteiger partial charge in [0.25, 0.3) is 5.56 Å². The van der Waals surface area contributed by atoms with Crippen LogP contribution < -0.4 is 5.56 Å². The molecule has 0 fully saturated rings. The predicted octanol–water partition coefficient (Wildman–Crippen LogP) is 2.09. The molecule has 0 aliphatic rings. The molecule has 0 amide bonds. The van der Waals surface area contributed by atoms with Crippen molar-refractivity contribution in [2.75, 3.05) is 0 Å². The van der Waals surface area contributed by atoms with E-state index in [1.165, 1.54) is 16.8 Å². The highest BCUT2D eigenvalue weighted by Gasteiger charge is 2.15. The highest BCUT2D eigenvalue weighted by molar-refractivity contribution is 5.82. The Balaban J connectivity index is 2.40. The lowest BCUT2D eigenvalue weighted by molar-refractivity contribution is 0.903. The number of nitrogens with one attached hydrogen (secondary N) is 1. The van der Waals surface area contributed by atoms with Gasteiger partial charge < -0.3 is 0 Å². The summed E-state index contributed by atoms with van der Waals surface area (Å²) in [6.45, 7) is 0. The summed E-state index contributed by atoms with van der Waals surface area (Å²) in [5, 5.41) is 5.82. The second-order valence-corrected chi connectivity index (χ2v) is 3.73. The predicted molar refractivity (Wildman–Crippen MR) is 66.7 cm³/mol. The zero-order chi connectivity index (χ0) is 12.5. The first kappa shape index (κ1) is 10.4. The quantitative estimate of drug-likeness (QED) is 0.696. The van der Waals surface area contributed by atoms with Crippen LogP contribution in [0.1, 0.15) is 0 Å². The van der Waals surface area contributed by atoms with Crippen molar-refractivity contribution in [3.63, 3.8) is 0 Å². The smallest absolute Gasteiger partial charge is 0.272 e. The summed E-state index contributed by atoms with van der Waals surface area (Å²) < 4.78 is 1.21. The van der Waals surface area contributed by atoms with Gasteiger partial charge >= 0.3 is 0 Å². The van der Waals surface area contributed by atoms with Gasteiger partial charge in [0, 0.05) is 17.8 Å². The van der Waals surface area contributed by atoms with Crippen LogP contribution in [0.5, 0.6) is 0 Å². The summed E-state index contributed by atoms with van der Waals surface area (Å²) in [4.78, 5) is 26.6. The molecule has 1 N–H and O–H groups in total. The molecule has 0 aliphatic heterocycles. The number of aromatic nitrogens is 3. The van der Waals surface area contributed by atoms with E-state index in [1.54, 1.807) is 0 Å². The molecule has 88 valence electrons. The van der Waals surface area contributed by atoms with Gasteiger partial charge in [-0.25, -0.2) is 4.98 Å². The SMILES string of the molecule is O=Nc1c(-c2ccccc2)[nH]n2c(=O)ccnc12. The number of fused-ring (bicyclic) bond motifs is 1. The average Bonchev–Trinajstić information content (AvgIpc) is 2.80. The molecule has 6 heteroatoms. The molecule has 2 aromatic heterocycles. The van der Waals surface area contributed by atoms with E-state index in [4.69, 9.17) is 0 Å². The third-order valence-corrected chi connectivity index (χ3v) is 2.67. The Kier molecular flexibility index (Phi) is 2.26. The van der Waals surface area contributed by atoms with E-state index < -0.39 is 0 Å². The Morgan fingerprint density at radius 2 is 1.94 bits per heavy atom. The maximum absolute atomic E-state index is 11.6. The summed E-state index contributed by atoms with van der Waals surface area (Å²) in [5.41, 5.74) is 1.35. The molecular formula is C12H8N4O2. The molecule has 1 aromatic carbocycles. The number of benzene rings is 1. The zero-order valence-electron chi connectivity index (χ0n) is 9.20. The second kappa shape index (κ2) is 3.92. The number of aromatic amines is 1. The largest absolute Gasteiger partial charge is 0.287 e. The summed E-state index contributed by atoms with van der Waals surface area (Å²) in [6, 6.07) is 10.5. The number of rotatable bonds is 2. The molecule has 2 heterocycles. The summed E-state index contributed by atoms with van der Waals surface area (Å²) in [5.74, 6) is 0.